The number of hydrogen-bond acceptors (Lipinski definition) is 1. The van der Waals surface area contributed by atoms with Crippen molar-refractivity contribution in [3.63, 3.8) is 0 Å². The van der Waals surface area contributed by atoms with Gasteiger partial charge >= 0.3 is 0 Å². The first-order valence-electron chi connectivity index (χ1n) is 3.83. The van der Waals surface area contributed by atoms with Crippen LogP contribution in [0.2, 0.25) is 0 Å². The van der Waals surface area contributed by atoms with E-state index in [4.69, 9.17) is 0 Å². The van der Waals surface area contributed by atoms with Crippen molar-refractivity contribution in [2.45, 2.75) is 17.6 Å². The van der Waals surface area contributed by atoms with Crippen molar-refractivity contribution in [1.82, 2.24) is 0 Å². The van der Waals surface area contributed by atoms with Crippen molar-refractivity contribution < 1.29 is 5.11 Å². The molecule has 0 aliphatic rings. The lowest BCUT2D eigenvalue weighted by atomic mass is 10.1. The summed E-state index contributed by atoms with van der Waals surface area (Å²) in [6.07, 6.45) is 0. The summed E-state index contributed by atoms with van der Waals surface area (Å²) in [6.45, 7) is 3.87. The fraction of sp³-hybridized carbons (Fsp3) is 0.333. The highest BCUT2D eigenvalue weighted by molar-refractivity contribution is 9.24. The van der Waals surface area contributed by atoms with E-state index in [-0.39, 0.29) is 3.74 Å². The van der Waals surface area contributed by atoms with Crippen LogP contribution in [0.5, 0.6) is 5.75 Å². The van der Waals surface area contributed by atoms with E-state index in [1.807, 2.05) is 13.8 Å². The topological polar surface area (TPSA) is 20.2 Å². The summed E-state index contributed by atoms with van der Waals surface area (Å²) in [5, 5.41) is 9.93. The summed E-state index contributed by atoms with van der Waals surface area (Å²) in [5.74, 6) is 0.299. The minimum Gasteiger partial charge on any atom is -0.507 e. The second kappa shape index (κ2) is 4.85. The summed E-state index contributed by atoms with van der Waals surface area (Å²) in [6, 6.07) is 0. The van der Waals surface area contributed by atoms with Gasteiger partial charge in [0.2, 0.25) is 0 Å². The summed E-state index contributed by atoms with van der Waals surface area (Å²) < 4.78 is 1.78. The summed E-state index contributed by atoms with van der Waals surface area (Å²) in [4.78, 5) is 0. The third-order valence-electron chi connectivity index (χ3n) is 2.05. The molecular formula is C9H8Br4O. The van der Waals surface area contributed by atoms with E-state index in [9.17, 15) is 5.11 Å². The molecule has 1 N–H and O–H groups in total. The Hall–Kier alpha value is 0.940. The van der Waals surface area contributed by atoms with Gasteiger partial charge < -0.3 is 5.11 Å². The van der Waals surface area contributed by atoms with Crippen LogP contribution in [0.15, 0.2) is 8.95 Å². The SMILES string of the molecule is Cc1c(O)c(C(Br)Br)c(Br)c(C)c1Br. The molecule has 0 aliphatic carbocycles. The lowest BCUT2D eigenvalue weighted by Gasteiger charge is -2.15. The average Bonchev–Trinajstić information content (AvgIpc) is 2.11. The van der Waals surface area contributed by atoms with Crippen LogP contribution in [0.4, 0.5) is 0 Å². The van der Waals surface area contributed by atoms with Crippen molar-refractivity contribution in [3.05, 3.63) is 25.6 Å². The summed E-state index contributed by atoms with van der Waals surface area (Å²) in [7, 11) is 0. The molecule has 0 unspecified atom stereocenters. The van der Waals surface area contributed by atoms with Crippen LogP contribution in [0, 0.1) is 13.8 Å². The van der Waals surface area contributed by atoms with Gasteiger partial charge in [-0.1, -0.05) is 47.8 Å². The largest absolute Gasteiger partial charge is 0.507 e. The molecule has 78 valence electrons. The van der Waals surface area contributed by atoms with E-state index in [1.54, 1.807) is 0 Å². The first-order valence-corrected chi connectivity index (χ1v) is 7.24. The Labute approximate surface area is 117 Å². The fourth-order valence-electron chi connectivity index (χ4n) is 1.19. The molecule has 5 heteroatoms. The first kappa shape index (κ1) is 13.0. The van der Waals surface area contributed by atoms with Gasteiger partial charge in [0.25, 0.3) is 0 Å². The number of rotatable bonds is 1. The van der Waals surface area contributed by atoms with Crippen LogP contribution in [0.25, 0.3) is 0 Å². The van der Waals surface area contributed by atoms with E-state index in [1.165, 1.54) is 0 Å². The van der Waals surface area contributed by atoms with Crippen molar-refractivity contribution in [3.8, 4) is 5.75 Å². The molecule has 0 spiro atoms. The molecule has 0 aromatic heterocycles. The maximum Gasteiger partial charge on any atom is 0.125 e. The van der Waals surface area contributed by atoms with Gasteiger partial charge in [-0.3, -0.25) is 0 Å². The number of alkyl halides is 2. The molecule has 0 radical (unpaired) electrons. The van der Waals surface area contributed by atoms with Gasteiger partial charge in [0.15, 0.2) is 0 Å². The predicted octanol–water partition coefficient (Wildman–Crippen LogP) is 5.32. The second-order valence-corrected chi connectivity index (χ2v) is 7.59. The average molecular weight is 452 g/mol. The molecule has 0 fully saturated rings. The van der Waals surface area contributed by atoms with Crippen molar-refractivity contribution in [2.24, 2.45) is 0 Å². The fourth-order valence-corrected chi connectivity index (χ4v) is 3.96. The van der Waals surface area contributed by atoms with Gasteiger partial charge in [-0.2, -0.15) is 0 Å². The Morgan fingerprint density at radius 1 is 1.00 bits per heavy atom. The third-order valence-corrected chi connectivity index (χ3v) is 5.18. The standard InChI is InChI=1S/C9H8Br4O/c1-3-6(10)4(2)8(14)5(7(3)11)9(12)13/h9,14H,1-2H3. The molecule has 0 amide bonds. The monoisotopic (exact) mass is 448 g/mol. The van der Waals surface area contributed by atoms with Gasteiger partial charge in [-0.25, -0.2) is 0 Å². The van der Waals surface area contributed by atoms with Gasteiger partial charge in [-0.05, 0) is 35.3 Å². The highest BCUT2D eigenvalue weighted by atomic mass is 79.9. The van der Waals surface area contributed by atoms with Crippen LogP contribution in [-0.2, 0) is 0 Å². The summed E-state index contributed by atoms with van der Waals surface area (Å²) in [5.41, 5.74) is 2.76. The maximum atomic E-state index is 9.93. The molecule has 1 aromatic carbocycles. The Morgan fingerprint density at radius 2 is 1.50 bits per heavy atom. The Kier molecular flexibility index (Phi) is 4.51. The summed E-state index contributed by atoms with van der Waals surface area (Å²) >= 11 is 13.7. The molecule has 0 saturated carbocycles. The molecule has 1 nitrogen and oxygen atoms in total. The highest BCUT2D eigenvalue weighted by Crippen LogP contribution is 2.46. The van der Waals surface area contributed by atoms with E-state index in [0.29, 0.717) is 5.75 Å². The Bertz CT molecular complexity index is 345. The van der Waals surface area contributed by atoms with Crippen LogP contribution >= 0.6 is 63.7 Å². The van der Waals surface area contributed by atoms with Crippen LogP contribution < -0.4 is 0 Å². The Balaban J connectivity index is 3.60. The molecular weight excluding hydrogens is 444 g/mol. The van der Waals surface area contributed by atoms with Crippen molar-refractivity contribution >= 4 is 63.7 Å². The molecule has 0 aliphatic heterocycles. The quantitative estimate of drug-likeness (QED) is 0.573. The molecule has 0 heterocycles. The third kappa shape index (κ3) is 2.20. The zero-order valence-electron chi connectivity index (χ0n) is 7.54. The van der Waals surface area contributed by atoms with E-state index < -0.39 is 0 Å². The number of halogens is 4. The molecule has 14 heavy (non-hydrogen) atoms. The maximum absolute atomic E-state index is 9.93. The Morgan fingerprint density at radius 3 is 1.93 bits per heavy atom. The van der Waals surface area contributed by atoms with E-state index >= 15 is 0 Å². The van der Waals surface area contributed by atoms with Gasteiger partial charge in [0.05, 0.1) is 3.74 Å². The number of phenols is 1. The van der Waals surface area contributed by atoms with Gasteiger partial charge in [-0.15, -0.1) is 0 Å². The van der Waals surface area contributed by atoms with Crippen LogP contribution in [0.3, 0.4) is 0 Å². The van der Waals surface area contributed by atoms with Gasteiger partial charge in [0.1, 0.15) is 5.75 Å². The number of benzene rings is 1. The van der Waals surface area contributed by atoms with E-state index in [2.05, 4.69) is 63.7 Å². The lowest BCUT2D eigenvalue weighted by Crippen LogP contribution is -1.93. The molecule has 1 rings (SSSR count). The predicted molar refractivity (Wildman–Crippen MR) is 73.6 cm³/mol. The minimum absolute atomic E-state index is 0.0603. The molecule has 0 atom stereocenters. The number of hydrogen-bond donors (Lipinski definition) is 1. The molecule has 0 bridgehead atoms. The normalized spacial score (nSPS) is 11.1. The lowest BCUT2D eigenvalue weighted by molar-refractivity contribution is 0.465. The zero-order valence-corrected chi connectivity index (χ0v) is 13.9. The molecule has 1 aromatic rings. The first-order chi connectivity index (χ1) is 6.37. The van der Waals surface area contributed by atoms with Crippen LogP contribution in [0.1, 0.15) is 20.4 Å². The van der Waals surface area contributed by atoms with Crippen molar-refractivity contribution in [1.29, 1.82) is 0 Å². The number of phenolic OH excluding ortho intramolecular Hbond substituents is 1. The smallest absolute Gasteiger partial charge is 0.125 e. The highest BCUT2D eigenvalue weighted by Gasteiger charge is 2.20. The minimum atomic E-state index is -0.0603. The number of aromatic hydroxyl groups is 1. The van der Waals surface area contributed by atoms with E-state index in [0.717, 1.165) is 25.6 Å². The van der Waals surface area contributed by atoms with Crippen LogP contribution in [-0.4, -0.2) is 5.11 Å². The van der Waals surface area contributed by atoms with Crippen molar-refractivity contribution in [2.75, 3.05) is 0 Å². The molecule has 0 saturated heterocycles. The van der Waals surface area contributed by atoms with Gasteiger partial charge in [0, 0.05) is 20.1 Å². The zero-order chi connectivity index (χ0) is 11.0. The second-order valence-electron chi connectivity index (χ2n) is 2.94.